The first-order valence-electron chi connectivity index (χ1n) is 11.5. The standard InChI is InChI=1S/C29H20N6/c1-3-9-21(10-4-1)24-13-7-8-14-25(24)29-32-26-19-23(33-20-30-28-17-18-31-35(28)33)15-16-27(26)34(29)22-11-5-2-6-12-22/h1-20H. The van der Waals surface area contributed by atoms with Crippen molar-refractivity contribution in [3.8, 4) is 33.9 Å². The Balaban J connectivity index is 1.49. The van der Waals surface area contributed by atoms with Gasteiger partial charge >= 0.3 is 0 Å². The average Bonchev–Trinajstić information content (AvgIpc) is 3.64. The fraction of sp³-hybridized carbons (Fsp3) is 0. The van der Waals surface area contributed by atoms with Crippen LogP contribution in [0.5, 0.6) is 0 Å². The van der Waals surface area contributed by atoms with Gasteiger partial charge in [-0.15, -0.1) is 4.63 Å². The lowest BCUT2D eigenvalue weighted by Crippen LogP contribution is -2.02. The number of rotatable bonds is 4. The van der Waals surface area contributed by atoms with E-state index >= 15 is 0 Å². The van der Waals surface area contributed by atoms with E-state index in [1.54, 1.807) is 17.2 Å². The van der Waals surface area contributed by atoms with E-state index in [9.17, 15) is 0 Å². The molecule has 0 unspecified atom stereocenters. The molecule has 6 heteroatoms. The molecule has 0 fully saturated rings. The van der Waals surface area contributed by atoms with Crippen LogP contribution in [0.25, 0.3) is 50.6 Å². The van der Waals surface area contributed by atoms with E-state index in [0.29, 0.717) is 0 Å². The molecule has 0 saturated carbocycles. The van der Waals surface area contributed by atoms with Crippen LogP contribution >= 0.6 is 0 Å². The van der Waals surface area contributed by atoms with Crippen LogP contribution in [0.2, 0.25) is 0 Å². The Morgan fingerprint density at radius 3 is 2.20 bits per heavy atom. The fourth-order valence-electron chi connectivity index (χ4n) is 4.67. The quantitative estimate of drug-likeness (QED) is 0.320. The summed E-state index contributed by atoms with van der Waals surface area (Å²) in [7, 11) is 0. The molecular weight excluding hydrogens is 432 g/mol. The third-order valence-electron chi connectivity index (χ3n) is 6.28. The molecule has 0 atom stereocenters. The molecule has 3 heterocycles. The molecule has 0 bridgehead atoms. The van der Waals surface area contributed by atoms with Crippen molar-refractivity contribution in [1.29, 1.82) is 0 Å². The minimum absolute atomic E-state index is 0.803. The predicted molar refractivity (Wildman–Crippen MR) is 138 cm³/mol. The molecule has 0 aliphatic heterocycles. The molecule has 0 N–H and O–H groups in total. The largest absolute Gasteiger partial charge is 0.292 e. The third-order valence-corrected chi connectivity index (χ3v) is 6.28. The lowest BCUT2D eigenvalue weighted by Gasteiger charge is -2.13. The van der Waals surface area contributed by atoms with Gasteiger partial charge in [0.15, 0.2) is 5.65 Å². The Bertz CT molecular complexity index is 1790. The summed E-state index contributed by atoms with van der Waals surface area (Å²) in [6.07, 6.45) is 3.53. The Morgan fingerprint density at radius 2 is 1.37 bits per heavy atom. The third kappa shape index (κ3) is 3.15. The number of imidazole rings is 1. The molecular formula is C29H20N6. The summed E-state index contributed by atoms with van der Waals surface area (Å²) in [5.74, 6) is 0.901. The van der Waals surface area contributed by atoms with Crippen molar-refractivity contribution < 1.29 is 0 Å². The Labute approximate surface area is 201 Å². The van der Waals surface area contributed by atoms with Gasteiger partial charge in [-0.25, -0.2) is 14.6 Å². The van der Waals surface area contributed by atoms with Crippen LogP contribution < -0.4 is 0 Å². The maximum absolute atomic E-state index is 5.18. The summed E-state index contributed by atoms with van der Waals surface area (Å²) in [5.41, 5.74) is 8.15. The monoisotopic (exact) mass is 452 g/mol. The molecule has 0 aliphatic carbocycles. The van der Waals surface area contributed by atoms with E-state index in [1.807, 2.05) is 22.9 Å². The number of aromatic nitrogens is 6. The molecule has 0 saturated heterocycles. The number of benzene rings is 4. The van der Waals surface area contributed by atoms with Crippen LogP contribution in [0.1, 0.15) is 0 Å². The van der Waals surface area contributed by atoms with Gasteiger partial charge in [0.2, 0.25) is 0 Å². The molecule has 4 aromatic carbocycles. The SMILES string of the molecule is c1ccc(-c2ccccc2-c2nc3cc(-n4cnc5ccnn54)ccc3n2-c2ccccc2)cc1. The van der Waals surface area contributed by atoms with E-state index in [1.165, 1.54) is 0 Å². The van der Waals surface area contributed by atoms with Crippen LogP contribution in [0.3, 0.4) is 0 Å². The van der Waals surface area contributed by atoms with Crippen molar-refractivity contribution in [2.45, 2.75) is 0 Å². The lowest BCUT2D eigenvalue weighted by molar-refractivity contribution is 0.708. The first-order valence-corrected chi connectivity index (χ1v) is 11.5. The smallest absolute Gasteiger partial charge is 0.175 e. The average molecular weight is 453 g/mol. The summed E-state index contributed by atoms with van der Waals surface area (Å²) in [4.78, 5) is 9.62. The molecule has 6 nitrogen and oxygen atoms in total. The highest BCUT2D eigenvalue weighted by Gasteiger charge is 2.18. The summed E-state index contributed by atoms with van der Waals surface area (Å²) in [6, 6.07) is 37.5. The van der Waals surface area contributed by atoms with E-state index in [0.717, 1.165) is 50.6 Å². The van der Waals surface area contributed by atoms with Crippen molar-refractivity contribution in [3.63, 3.8) is 0 Å². The zero-order valence-electron chi connectivity index (χ0n) is 18.7. The molecule has 7 rings (SSSR count). The van der Waals surface area contributed by atoms with Gasteiger partial charge in [0.05, 0.1) is 22.9 Å². The van der Waals surface area contributed by atoms with Gasteiger partial charge in [-0.3, -0.25) is 4.57 Å². The molecule has 3 aromatic heterocycles. The van der Waals surface area contributed by atoms with Crippen molar-refractivity contribution >= 4 is 16.7 Å². The molecule has 0 spiro atoms. The van der Waals surface area contributed by atoms with Crippen molar-refractivity contribution in [1.82, 2.24) is 28.9 Å². The van der Waals surface area contributed by atoms with Crippen molar-refractivity contribution in [2.75, 3.05) is 0 Å². The highest BCUT2D eigenvalue weighted by Crippen LogP contribution is 2.35. The zero-order chi connectivity index (χ0) is 23.2. The zero-order valence-corrected chi connectivity index (χ0v) is 18.7. The molecule has 166 valence electrons. The molecule has 35 heavy (non-hydrogen) atoms. The second-order valence-corrected chi connectivity index (χ2v) is 8.36. The Morgan fingerprint density at radius 1 is 0.629 bits per heavy atom. The molecule has 0 radical (unpaired) electrons. The molecule has 0 amide bonds. The van der Waals surface area contributed by atoms with Crippen LogP contribution in [-0.2, 0) is 0 Å². The highest BCUT2D eigenvalue weighted by atomic mass is 15.5. The maximum Gasteiger partial charge on any atom is 0.175 e. The van der Waals surface area contributed by atoms with Crippen LogP contribution in [0, 0.1) is 0 Å². The summed E-state index contributed by atoms with van der Waals surface area (Å²) in [5, 5.41) is 4.39. The summed E-state index contributed by atoms with van der Waals surface area (Å²) in [6.45, 7) is 0. The van der Waals surface area contributed by atoms with Gasteiger partial charge in [-0.05, 0) is 41.5 Å². The lowest BCUT2D eigenvalue weighted by atomic mass is 9.99. The van der Waals surface area contributed by atoms with E-state index in [-0.39, 0.29) is 0 Å². The first kappa shape index (κ1) is 19.5. The second kappa shape index (κ2) is 7.81. The van der Waals surface area contributed by atoms with E-state index < -0.39 is 0 Å². The fourth-order valence-corrected chi connectivity index (χ4v) is 4.67. The normalized spacial score (nSPS) is 11.4. The van der Waals surface area contributed by atoms with Gasteiger partial charge in [0.25, 0.3) is 0 Å². The van der Waals surface area contributed by atoms with Gasteiger partial charge in [0.1, 0.15) is 12.2 Å². The predicted octanol–water partition coefficient (Wildman–Crippen LogP) is 6.19. The number of nitrogens with zero attached hydrogens (tertiary/aromatic N) is 6. The van der Waals surface area contributed by atoms with Crippen LogP contribution in [0.15, 0.2) is 122 Å². The highest BCUT2D eigenvalue weighted by molar-refractivity contribution is 5.89. The van der Waals surface area contributed by atoms with Gasteiger partial charge in [0, 0.05) is 17.3 Å². The summed E-state index contributed by atoms with van der Waals surface area (Å²) >= 11 is 0. The van der Waals surface area contributed by atoms with Crippen molar-refractivity contribution in [3.05, 3.63) is 122 Å². The van der Waals surface area contributed by atoms with E-state index in [4.69, 9.17) is 4.98 Å². The number of fused-ring (bicyclic) bond motifs is 2. The number of hydrogen-bond donors (Lipinski definition) is 0. The van der Waals surface area contributed by atoms with E-state index in [2.05, 4.69) is 106 Å². The molecule has 7 aromatic rings. The minimum atomic E-state index is 0.803. The Hall–Kier alpha value is -4.97. The maximum atomic E-state index is 5.18. The second-order valence-electron chi connectivity index (χ2n) is 8.36. The molecule has 0 aliphatic rings. The van der Waals surface area contributed by atoms with Crippen LogP contribution in [-0.4, -0.2) is 28.9 Å². The van der Waals surface area contributed by atoms with Gasteiger partial charge < -0.3 is 0 Å². The first-order chi connectivity index (χ1) is 17.4. The number of hydrogen-bond acceptors (Lipinski definition) is 3. The van der Waals surface area contributed by atoms with Gasteiger partial charge in [-0.2, -0.15) is 5.10 Å². The minimum Gasteiger partial charge on any atom is -0.292 e. The summed E-state index contributed by atoms with van der Waals surface area (Å²) < 4.78 is 5.94. The Kier molecular flexibility index (Phi) is 4.35. The van der Waals surface area contributed by atoms with Crippen molar-refractivity contribution in [2.24, 2.45) is 0 Å². The topological polar surface area (TPSA) is 52.9 Å². The van der Waals surface area contributed by atoms with Crippen LogP contribution in [0.4, 0.5) is 0 Å². The number of para-hydroxylation sites is 1. The van der Waals surface area contributed by atoms with Gasteiger partial charge in [-0.1, -0.05) is 72.8 Å².